The zero-order valence-electron chi connectivity index (χ0n) is 12.0. The Kier molecular flexibility index (Phi) is 4.42. The molecule has 3 nitrogen and oxygen atoms in total. The third kappa shape index (κ3) is 3.25. The summed E-state index contributed by atoms with van der Waals surface area (Å²) in [7, 11) is 3.59. The lowest BCUT2D eigenvalue weighted by molar-refractivity contribution is -0.00476. The molecule has 1 unspecified atom stereocenters. The number of hydrogen-bond donors (Lipinski definition) is 1. The Labute approximate surface area is 114 Å². The molecule has 0 aromatic heterocycles. The van der Waals surface area contributed by atoms with Gasteiger partial charge < -0.3 is 15.0 Å². The highest BCUT2D eigenvalue weighted by molar-refractivity contribution is 5.50. The molecule has 0 saturated carbocycles. The van der Waals surface area contributed by atoms with E-state index in [0.717, 1.165) is 31.5 Å². The minimum absolute atomic E-state index is 0.145. The van der Waals surface area contributed by atoms with Gasteiger partial charge in [-0.3, -0.25) is 0 Å². The third-order valence-electron chi connectivity index (χ3n) is 3.89. The quantitative estimate of drug-likeness (QED) is 0.906. The van der Waals surface area contributed by atoms with E-state index in [1.807, 2.05) is 19.2 Å². The van der Waals surface area contributed by atoms with E-state index in [1.165, 1.54) is 0 Å². The predicted molar refractivity (Wildman–Crippen MR) is 76.0 cm³/mol. The molecule has 1 aromatic rings. The second-order valence-corrected chi connectivity index (χ2v) is 5.50. The maximum atomic E-state index is 14.2. The first-order valence-electron chi connectivity index (χ1n) is 6.81. The van der Waals surface area contributed by atoms with Gasteiger partial charge in [0.15, 0.2) is 0 Å². The first-order valence-corrected chi connectivity index (χ1v) is 6.81. The van der Waals surface area contributed by atoms with E-state index < -0.39 is 0 Å². The molecule has 1 aliphatic heterocycles. The second kappa shape index (κ2) is 5.88. The SMILES string of the molecule is CNCc1ccc(N2CCCC(C)(OC)C2)c(F)c1. The summed E-state index contributed by atoms with van der Waals surface area (Å²) in [6.07, 6.45) is 2.06. The van der Waals surface area contributed by atoms with E-state index in [-0.39, 0.29) is 11.4 Å². The van der Waals surface area contributed by atoms with Gasteiger partial charge in [-0.1, -0.05) is 6.07 Å². The van der Waals surface area contributed by atoms with Crippen molar-refractivity contribution in [2.24, 2.45) is 0 Å². The molecule has 106 valence electrons. The molecule has 0 radical (unpaired) electrons. The van der Waals surface area contributed by atoms with Crippen molar-refractivity contribution in [3.05, 3.63) is 29.6 Å². The van der Waals surface area contributed by atoms with E-state index in [2.05, 4.69) is 17.1 Å². The van der Waals surface area contributed by atoms with Gasteiger partial charge in [0, 0.05) is 26.7 Å². The lowest BCUT2D eigenvalue weighted by Gasteiger charge is -2.40. The molecular weight excluding hydrogens is 243 g/mol. The first kappa shape index (κ1) is 14.3. The van der Waals surface area contributed by atoms with Gasteiger partial charge in [-0.2, -0.15) is 0 Å². The third-order valence-corrected chi connectivity index (χ3v) is 3.89. The Hall–Kier alpha value is -1.13. The van der Waals surface area contributed by atoms with Gasteiger partial charge in [0.2, 0.25) is 0 Å². The van der Waals surface area contributed by atoms with Crippen LogP contribution in [0.2, 0.25) is 0 Å². The van der Waals surface area contributed by atoms with E-state index in [9.17, 15) is 4.39 Å². The van der Waals surface area contributed by atoms with Crippen LogP contribution in [0.15, 0.2) is 18.2 Å². The van der Waals surface area contributed by atoms with E-state index in [0.29, 0.717) is 12.2 Å². The van der Waals surface area contributed by atoms with Gasteiger partial charge in [-0.05, 0) is 44.5 Å². The van der Waals surface area contributed by atoms with Crippen molar-refractivity contribution in [1.29, 1.82) is 0 Å². The molecule has 0 aliphatic carbocycles. The average molecular weight is 266 g/mol. The summed E-state index contributed by atoms with van der Waals surface area (Å²) in [5, 5.41) is 3.03. The monoisotopic (exact) mass is 266 g/mol. The van der Waals surface area contributed by atoms with Crippen LogP contribution in [0.25, 0.3) is 0 Å². The molecule has 0 spiro atoms. The summed E-state index contributed by atoms with van der Waals surface area (Å²) in [5.41, 5.74) is 1.48. The molecule has 1 atom stereocenters. The number of rotatable bonds is 4. The molecule has 1 heterocycles. The van der Waals surface area contributed by atoms with Crippen LogP contribution in [0.5, 0.6) is 0 Å². The van der Waals surface area contributed by atoms with Crippen LogP contribution < -0.4 is 10.2 Å². The number of nitrogens with zero attached hydrogens (tertiary/aromatic N) is 1. The number of ether oxygens (including phenoxy) is 1. The van der Waals surface area contributed by atoms with Crippen LogP contribution >= 0.6 is 0 Å². The molecule has 1 aromatic carbocycles. The fourth-order valence-corrected chi connectivity index (χ4v) is 2.70. The van der Waals surface area contributed by atoms with Gasteiger partial charge in [-0.15, -0.1) is 0 Å². The largest absolute Gasteiger partial charge is 0.377 e. The summed E-state index contributed by atoms with van der Waals surface area (Å²) in [6, 6.07) is 5.47. The summed E-state index contributed by atoms with van der Waals surface area (Å²) in [5.74, 6) is -0.145. The number of anilines is 1. The Bertz CT molecular complexity index is 438. The van der Waals surface area contributed by atoms with Crippen molar-refractivity contribution < 1.29 is 9.13 Å². The molecular formula is C15H23FN2O. The summed E-state index contributed by atoms with van der Waals surface area (Å²) in [6.45, 7) is 4.41. The van der Waals surface area contributed by atoms with E-state index in [4.69, 9.17) is 4.74 Å². The molecule has 1 aliphatic rings. The lowest BCUT2D eigenvalue weighted by atomic mass is 9.94. The number of piperidine rings is 1. The fraction of sp³-hybridized carbons (Fsp3) is 0.600. The van der Waals surface area contributed by atoms with Crippen molar-refractivity contribution in [1.82, 2.24) is 5.32 Å². The Balaban J connectivity index is 2.17. The molecule has 1 saturated heterocycles. The predicted octanol–water partition coefficient (Wildman–Crippen LogP) is 2.55. The lowest BCUT2D eigenvalue weighted by Crippen LogP contribution is -2.47. The highest BCUT2D eigenvalue weighted by Crippen LogP contribution is 2.29. The van der Waals surface area contributed by atoms with Crippen LogP contribution in [0.3, 0.4) is 0 Å². The van der Waals surface area contributed by atoms with Crippen molar-refractivity contribution in [3.63, 3.8) is 0 Å². The number of hydrogen-bond acceptors (Lipinski definition) is 3. The smallest absolute Gasteiger partial charge is 0.146 e. The molecule has 1 fully saturated rings. The topological polar surface area (TPSA) is 24.5 Å². The zero-order chi connectivity index (χ0) is 13.9. The summed E-state index contributed by atoms with van der Waals surface area (Å²) < 4.78 is 19.8. The summed E-state index contributed by atoms with van der Waals surface area (Å²) >= 11 is 0. The molecule has 1 N–H and O–H groups in total. The van der Waals surface area contributed by atoms with E-state index >= 15 is 0 Å². The maximum Gasteiger partial charge on any atom is 0.146 e. The zero-order valence-corrected chi connectivity index (χ0v) is 12.0. The van der Waals surface area contributed by atoms with Crippen LogP contribution in [-0.4, -0.2) is 32.8 Å². The van der Waals surface area contributed by atoms with Crippen LogP contribution in [0.4, 0.5) is 10.1 Å². The van der Waals surface area contributed by atoms with Crippen LogP contribution in [-0.2, 0) is 11.3 Å². The van der Waals surface area contributed by atoms with Gasteiger partial charge in [-0.25, -0.2) is 4.39 Å². The second-order valence-electron chi connectivity index (χ2n) is 5.50. The van der Waals surface area contributed by atoms with Gasteiger partial charge in [0.25, 0.3) is 0 Å². The normalized spacial score (nSPS) is 23.7. The summed E-state index contributed by atoms with van der Waals surface area (Å²) in [4.78, 5) is 2.09. The highest BCUT2D eigenvalue weighted by atomic mass is 19.1. The van der Waals surface area contributed by atoms with Crippen molar-refractivity contribution in [3.8, 4) is 0 Å². The van der Waals surface area contributed by atoms with Gasteiger partial charge in [0.05, 0.1) is 11.3 Å². The van der Waals surface area contributed by atoms with Crippen LogP contribution in [0.1, 0.15) is 25.3 Å². The van der Waals surface area contributed by atoms with Crippen molar-refractivity contribution in [2.75, 3.05) is 32.1 Å². The Morgan fingerprint density at radius 1 is 1.47 bits per heavy atom. The standard InChI is InChI=1S/C15H23FN2O/c1-15(19-3)7-4-8-18(11-15)14-6-5-12(10-17-2)9-13(14)16/h5-6,9,17H,4,7-8,10-11H2,1-3H3. The molecule has 0 amide bonds. The number of nitrogens with one attached hydrogen (secondary N) is 1. The van der Waals surface area contributed by atoms with Gasteiger partial charge in [0.1, 0.15) is 5.82 Å². The van der Waals surface area contributed by atoms with Crippen molar-refractivity contribution in [2.45, 2.75) is 31.9 Å². The minimum Gasteiger partial charge on any atom is -0.377 e. The first-order chi connectivity index (χ1) is 9.08. The van der Waals surface area contributed by atoms with Crippen LogP contribution in [0, 0.1) is 5.82 Å². The number of halogens is 1. The minimum atomic E-state index is -0.172. The molecule has 2 rings (SSSR count). The Morgan fingerprint density at radius 3 is 2.89 bits per heavy atom. The number of methoxy groups -OCH3 is 1. The fourth-order valence-electron chi connectivity index (χ4n) is 2.70. The maximum absolute atomic E-state index is 14.2. The molecule has 19 heavy (non-hydrogen) atoms. The van der Waals surface area contributed by atoms with Gasteiger partial charge >= 0.3 is 0 Å². The van der Waals surface area contributed by atoms with Crippen molar-refractivity contribution >= 4 is 5.69 Å². The highest BCUT2D eigenvalue weighted by Gasteiger charge is 2.31. The number of benzene rings is 1. The van der Waals surface area contributed by atoms with E-state index in [1.54, 1.807) is 13.2 Å². The molecule has 0 bridgehead atoms. The molecule has 4 heteroatoms. The average Bonchev–Trinajstić information content (AvgIpc) is 2.39. The Morgan fingerprint density at radius 2 is 2.26 bits per heavy atom.